The maximum atomic E-state index is 11.0. The molecule has 0 bridgehead atoms. The van der Waals surface area contributed by atoms with E-state index in [-0.39, 0.29) is 5.91 Å². The van der Waals surface area contributed by atoms with Gasteiger partial charge in [0, 0.05) is 42.0 Å². The van der Waals surface area contributed by atoms with Crippen LogP contribution in [-0.4, -0.2) is 35.0 Å². The molecule has 0 atom stereocenters. The SMILES string of the molecule is CC(=O)NC1CCN(c2ncc(I)cn2)CC1. The molecule has 1 saturated heterocycles. The summed E-state index contributed by atoms with van der Waals surface area (Å²) in [6.07, 6.45) is 5.55. The molecule has 1 fully saturated rings. The Labute approximate surface area is 114 Å². The molecule has 2 heterocycles. The van der Waals surface area contributed by atoms with E-state index in [1.807, 2.05) is 12.4 Å². The molecule has 1 amide bonds. The van der Waals surface area contributed by atoms with Crippen LogP contribution in [0.2, 0.25) is 0 Å². The normalized spacial score (nSPS) is 16.9. The third-order valence-corrected chi connectivity index (χ3v) is 3.35. The van der Waals surface area contributed by atoms with Gasteiger partial charge in [0.25, 0.3) is 0 Å². The maximum absolute atomic E-state index is 11.0. The highest BCUT2D eigenvalue weighted by Gasteiger charge is 2.21. The molecule has 1 aromatic heterocycles. The van der Waals surface area contributed by atoms with Crippen molar-refractivity contribution >= 4 is 34.4 Å². The van der Waals surface area contributed by atoms with Gasteiger partial charge in [-0.1, -0.05) is 0 Å². The van der Waals surface area contributed by atoms with Crippen molar-refractivity contribution in [3.63, 3.8) is 0 Å². The average molecular weight is 346 g/mol. The summed E-state index contributed by atoms with van der Waals surface area (Å²) in [6.45, 7) is 3.35. The van der Waals surface area contributed by atoms with Crippen LogP contribution in [0.4, 0.5) is 5.95 Å². The Morgan fingerprint density at radius 1 is 1.41 bits per heavy atom. The number of nitrogens with one attached hydrogen (secondary N) is 1. The van der Waals surface area contributed by atoms with E-state index in [4.69, 9.17) is 0 Å². The molecular weight excluding hydrogens is 331 g/mol. The van der Waals surface area contributed by atoms with Gasteiger partial charge in [-0.3, -0.25) is 4.79 Å². The largest absolute Gasteiger partial charge is 0.353 e. The van der Waals surface area contributed by atoms with Crippen molar-refractivity contribution in [1.29, 1.82) is 0 Å². The highest BCUT2D eigenvalue weighted by Crippen LogP contribution is 2.16. The number of piperidine rings is 1. The first-order valence-electron chi connectivity index (χ1n) is 5.65. The molecule has 2 rings (SSSR count). The summed E-state index contributed by atoms with van der Waals surface area (Å²) in [5.41, 5.74) is 0. The molecule has 0 unspecified atom stereocenters. The number of hydrogen-bond donors (Lipinski definition) is 1. The van der Waals surface area contributed by atoms with Crippen molar-refractivity contribution in [3.05, 3.63) is 16.0 Å². The Bertz CT molecular complexity index is 387. The van der Waals surface area contributed by atoms with Gasteiger partial charge in [-0.05, 0) is 35.4 Å². The van der Waals surface area contributed by atoms with E-state index >= 15 is 0 Å². The highest BCUT2D eigenvalue weighted by atomic mass is 127. The van der Waals surface area contributed by atoms with Gasteiger partial charge in [-0.2, -0.15) is 0 Å². The number of carbonyl (C=O) groups is 1. The second kappa shape index (κ2) is 5.61. The first kappa shape index (κ1) is 12.5. The van der Waals surface area contributed by atoms with Gasteiger partial charge >= 0.3 is 0 Å². The van der Waals surface area contributed by atoms with Crippen LogP contribution >= 0.6 is 22.6 Å². The van der Waals surface area contributed by atoms with Gasteiger partial charge in [0.1, 0.15) is 0 Å². The zero-order valence-electron chi connectivity index (χ0n) is 9.69. The van der Waals surface area contributed by atoms with Crippen molar-refractivity contribution in [2.45, 2.75) is 25.8 Å². The number of anilines is 1. The summed E-state index contributed by atoms with van der Waals surface area (Å²) in [5.74, 6) is 0.834. The number of halogens is 1. The number of aromatic nitrogens is 2. The highest BCUT2D eigenvalue weighted by molar-refractivity contribution is 14.1. The molecule has 5 nitrogen and oxygen atoms in total. The van der Waals surface area contributed by atoms with E-state index in [1.54, 1.807) is 6.92 Å². The predicted molar refractivity (Wildman–Crippen MR) is 73.8 cm³/mol. The number of rotatable bonds is 2. The molecule has 1 aromatic rings. The molecule has 92 valence electrons. The fraction of sp³-hybridized carbons (Fsp3) is 0.545. The van der Waals surface area contributed by atoms with Crippen LogP contribution in [0.1, 0.15) is 19.8 Å². The van der Waals surface area contributed by atoms with E-state index in [2.05, 4.69) is 42.8 Å². The van der Waals surface area contributed by atoms with E-state index < -0.39 is 0 Å². The van der Waals surface area contributed by atoms with Crippen molar-refractivity contribution < 1.29 is 4.79 Å². The standard InChI is InChI=1S/C11H15IN4O/c1-8(17)15-10-2-4-16(5-3-10)11-13-6-9(12)7-14-11/h6-7,10H,2-5H2,1H3,(H,15,17). The van der Waals surface area contributed by atoms with Crippen LogP contribution < -0.4 is 10.2 Å². The van der Waals surface area contributed by atoms with Gasteiger partial charge in [-0.25, -0.2) is 9.97 Å². The van der Waals surface area contributed by atoms with Gasteiger partial charge in [-0.15, -0.1) is 0 Å². The first-order valence-corrected chi connectivity index (χ1v) is 6.72. The Morgan fingerprint density at radius 2 is 2.00 bits per heavy atom. The summed E-state index contributed by atoms with van der Waals surface area (Å²) < 4.78 is 1.04. The molecule has 0 aromatic carbocycles. The van der Waals surface area contributed by atoms with Crippen LogP contribution in [0.3, 0.4) is 0 Å². The van der Waals surface area contributed by atoms with Crippen molar-refractivity contribution in [2.24, 2.45) is 0 Å². The summed E-state index contributed by atoms with van der Waals surface area (Å²) in [7, 11) is 0. The Balaban J connectivity index is 1.90. The summed E-state index contributed by atoms with van der Waals surface area (Å²) in [6, 6.07) is 0.299. The molecular formula is C11H15IN4O. The molecule has 0 aliphatic carbocycles. The Hall–Kier alpha value is -0.920. The van der Waals surface area contributed by atoms with Crippen LogP contribution in [0, 0.1) is 3.57 Å². The maximum Gasteiger partial charge on any atom is 0.225 e. The van der Waals surface area contributed by atoms with Crippen molar-refractivity contribution in [1.82, 2.24) is 15.3 Å². The monoisotopic (exact) mass is 346 g/mol. The predicted octanol–water partition coefficient (Wildman–Crippen LogP) is 1.19. The van der Waals surface area contributed by atoms with Gasteiger partial charge < -0.3 is 10.2 Å². The van der Waals surface area contributed by atoms with Gasteiger partial charge in [0.05, 0.1) is 0 Å². The fourth-order valence-electron chi connectivity index (χ4n) is 1.98. The molecule has 1 aliphatic heterocycles. The third kappa shape index (κ3) is 3.52. The second-order valence-corrected chi connectivity index (χ2v) is 5.41. The molecule has 0 spiro atoms. The van der Waals surface area contributed by atoms with Crippen LogP contribution in [0.25, 0.3) is 0 Å². The van der Waals surface area contributed by atoms with Crippen molar-refractivity contribution in [3.8, 4) is 0 Å². The zero-order chi connectivity index (χ0) is 12.3. The topological polar surface area (TPSA) is 58.1 Å². The summed E-state index contributed by atoms with van der Waals surface area (Å²) >= 11 is 2.19. The Morgan fingerprint density at radius 3 is 2.53 bits per heavy atom. The van der Waals surface area contributed by atoms with E-state index in [9.17, 15) is 4.79 Å². The minimum absolute atomic E-state index is 0.0500. The molecule has 0 saturated carbocycles. The smallest absolute Gasteiger partial charge is 0.225 e. The van der Waals surface area contributed by atoms with Gasteiger partial charge in [0.15, 0.2) is 0 Å². The van der Waals surface area contributed by atoms with E-state index in [1.165, 1.54) is 0 Å². The molecule has 0 radical (unpaired) electrons. The van der Waals surface area contributed by atoms with Crippen molar-refractivity contribution in [2.75, 3.05) is 18.0 Å². The quantitative estimate of drug-likeness (QED) is 0.818. The Kier molecular flexibility index (Phi) is 4.14. The molecule has 6 heteroatoms. The van der Waals surface area contributed by atoms with Gasteiger partial charge in [0.2, 0.25) is 11.9 Å². The van der Waals surface area contributed by atoms with Crippen LogP contribution in [0.15, 0.2) is 12.4 Å². The van der Waals surface area contributed by atoms with Crippen LogP contribution in [0.5, 0.6) is 0 Å². The molecule has 1 aliphatic rings. The lowest BCUT2D eigenvalue weighted by atomic mass is 10.1. The minimum atomic E-state index is 0.0500. The molecule has 1 N–H and O–H groups in total. The number of nitrogens with zero attached hydrogens (tertiary/aromatic N) is 3. The molecule has 17 heavy (non-hydrogen) atoms. The minimum Gasteiger partial charge on any atom is -0.353 e. The summed E-state index contributed by atoms with van der Waals surface area (Å²) in [5, 5.41) is 2.96. The van der Waals surface area contributed by atoms with Crippen LogP contribution in [-0.2, 0) is 4.79 Å². The lowest BCUT2D eigenvalue weighted by molar-refractivity contribution is -0.119. The number of amides is 1. The zero-order valence-corrected chi connectivity index (χ0v) is 11.8. The second-order valence-electron chi connectivity index (χ2n) is 4.16. The lowest BCUT2D eigenvalue weighted by Crippen LogP contribution is -2.44. The number of hydrogen-bond acceptors (Lipinski definition) is 4. The fourth-order valence-corrected chi connectivity index (χ4v) is 2.26. The van der Waals surface area contributed by atoms with E-state index in [0.717, 1.165) is 35.4 Å². The average Bonchev–Trinajstić information content (AvgIpc) is 2.30. The summed E-state index contributed by atoms with van der Waals surface area (Å²) in [4.78, 5) is 21.7. The first-order chi connectivity index (χ1) is 8.15. The lowest BCUT2D eigenvalue weighted by Gasteiger charge is -2.32. The van der Waals surface area contributed by atoms with E-state index in [0.29, 0.717) is 6.04 Å². The number of carbonyl (C=O) groups excluding carboxylic acids is 1. The third-order valence-electron chi connectivity index (χ3n) is 2.79.